The number of ether oxygens (including phenoxy) is 1. The number of carbonyl (C=O) groups excluding carboxylic acids is 1. The Hall–Kier alpha value is -1.49. The Bertz CT molecular complexity index is 435. The lowest BCUT2D eigenvalue weighted by Gasteiger charge is -2.17. The summed E-state index contributed by atoms with van der Waals surface area (Å²) in [6, 6.07) is 2.71. The first-order valence-electron chi connectivity index (χ1n) is 6.07. The van der Waals surface area contributed by atoms with Crippen molar-refractivity contribution in [3.63, 3.8) is 0 Å². The highest BCUT2D eigenvalue weighted by Crippen LogP contribution is 2.32. The van der Waals surface area contributed by atoms with Gasteiger partial charge in [0.05, 0.1) is 30.0 Å². The van der Waals surface area contributed by atoms with Gasteiger partial charge in [0.1, 0.15) is 0 Å². The minimum absolute atomic E-state index is 0.0714. The van der Waals surface area contributed by atoms with Gasteiger partial charge in [-0.3, -0.25) is 4.79 Å². The maximum Gasteiger partial charge on any atom is 0.230 e. The van der Waals surface area contributed by atoms with Gasteiger partial charge in [0.2, 0.25) is 11.9 Å². The summed E-state index contributed by atoms with van der Waals surface area (Å²) in [6.45, 7) is 5.86. The van der Waals surface area contributed by atoms with Gasteiger partial charge in [0, 0.05) is 0 Å². The highest BCUT2D eigenvalue weighted by atomic mass is 19.1. The summed E-state index contributed by atoms with van der Waals surface area (Å²) in [5, 5.41) is 2.74. The minimum Gasteiger partial charge on any atom is -0.374 e. The summed E-state index contributed by atoms with van der Waals surface area (Å²) in [7, 11) is 0. The lowest BCUT2D eigenvalue weighted by atomic mass is 9.89. The molecule has 98 valence electrons. The quantitative estimate of drug-likeness (QED) is 0.821. The van der Waals surface area contributed by atoms with Crippen molar-refractivity contribution >= 4 is 11.6 Å². The molecule has 0 saturated carbocycles. The second-order valence-electron chi connectivity index (χ2n) is 4.79. The number of carbonyl (C=O) groups is 1. The lowest BCUT2D eigenvalue weighted by Crippen LogP contribution is -2.32. The van der Waals surface area contributed by atoms with Crippen molar-refractivity contribution in [1.82, 2.24) is 4.98 Å². The maximum atomic E-state index is 12.7. The molecular formula is C13H17FN2O2. The van der Waals surface area contributed by atoms with Crippen molar-refractivity contribution in [3.8, 4) is 0 Å². The number of aromatic nitrogens is 1. The average molecular weight is 252 g/mol. The van der Waals surface area contributed by atoms with Crippen LogP contribution in [0.1, 0.15) is 20.8 Å². The molecule has 0 spiro atoms. The molecule has 18 heavy (non-hydrogen) atoms. The lowest BCUT2D eigenvalue weighted by molar-refractivity contribution is -0.121. The van der Waals surface area contributed by atoms with E-state index in [9.17, 15) is 9.18 Å². The molecular weight excluding hydrogens is 235 g/mol. The molecule has 1 aliphatic rings. The summed E-state index contributed by atoms with van der Waals surface area (Å²) in [6.07, 6.45) is 1.27. The molecule has 5 heteroatoms. The Balaban J connectivity index is 2.06. The van der Waals surface area contributed by atoms with Crippen molar-refractivity contribution < 1.29 is 13.9 Å². The van der Waals surface area contributed by atoms with Crippen LogP contribution >= 0.6 is 0 Å². The van der Waals surface area contributed by atoms with E-state index in [4.69, 9.17) is 4.74 Å². The highest BCUT2D eigenvalue weighted by Gasteiger charge is 2.41. The number of hydrogen-bond donors (Lipinski definition) is 1. The van der Waals surface area contributed by atoms with Crippen LogP contribution in [-0.4, -0.2) is 23.1 Å². The predicted molar refractivity (Wildman–Crippen MR) is 65.5 cm³/mol. The predicted octanol–water partition coefficient (Wildman–Crippen LogP) is 2.22. The summed E-state index contributed by atoms with van der Waals surface area (Å²) in [5.74, 6) is -0.696. The Kier molecular flexibility index (Phi) is 3.61. The highest BCUT2D eigenvalue weighted by molar-refractivity contribution is 5.93. The van der Waals surface area contributed by atoms with Crippen LogP contribution < -0.4 is 5.32 Å². The Morgan fingerprint density at radius 2 is 2.06 bits per heavy atom. The van der Waals surface area contributed by atoms with Crippen LogP contribution in [0.15, 0.2) is 18.3 Å². The monoisotopic (exact) mass is 252 g/mol. The molecule has 4 atom stereocenters. The van der Waals surface area contributed by atoms with Gasteiger partial charge in [0.15, 0.2) is 0 Å². The number of rotatable bonds is 2. The number of nitrogens with one attached hydrogen (secondary N) is 1. The van der Waals surface area contributed by atoms with Gasteiger partial charge in [-0.2, -0.15) is 4.39 Å². The van der Waals surface area contributed by atoms with E-state index in [-0.39, 0.29) is 30.0 Å². The molecule has 0 aromatic carbocycles. The van der Waals surface area contributed by atoms with Crippen molar-refractivity contribution in [2.24, 2.45) is 11.8 Å². The zero-order valence-electron chi connectivity index (χ0n) is 10.7. The van der Waals surface area contributed by atoms with Crippen LogP contribution in [0.3, 0.4) is 0 Å². The molecule has 1 amide bonds. The normalized spacial score (nSPS) is 31.3. The van der Waals surface area contributed by atoms with Gasteiger partial charge in [-0.05, 0) is 31.9 Å². The SMILES string of the molecule is CC1OC(C)C(C(=O)Nc2ccc(F)nc2)C1C. The minimum atomic E-state index is -0.562. The summed E-state index contributed by atoms with van der Waals surface area (Å²) in [5.41, 5.74) is 0.500. The molecule has 1 saturated heterocycles. The van der Waals surface area contributed by atoms with Gasteiger partial charge in [0.25, 0.3) is 0 Å². The van der Waals surface area contributed by atoms with Gasteiger partial charge < -0.3 is 10.1 Å². The summed E-state index contributed by atoms with van der Waals surface area (Å²) in [4.78, 5) is 15.7. The van der Waals surface area contributed by atoms with Crippen molar-refractivity contribution in [1.29, 1.82) is 0 Å². The molecule has 0 bridgehead atoms. The van der Waals surface area contributed by atoms with E-state index in [0.717, 1.165) is 0 Å². The molecule has 4 nitrogen and oxygen atoms in total. The van der Waals surface area contributed by atoms with Gasteiger partial charge in [-0.25, -0.2) is 4.98 Å². The summed E-state index contributed by atoms with van der Waals surface area (Å²) < 4.78 is 18.3. The third-order valence-electron chi connectivity index (χ3n) is 3.54. The first kappa shape index (κ1) is 13.0. The number of nitrogens with zero attached hydrogens (tertiary/aromatic N) is 1. The topological polar surface area (TPSA) is 51.2 Å². The fourth-order valence-corrected chi connectivity index (χ4v) is 2.39. The van der Waals surface area contributed by atoms with Gasteiger partial charge >= 0.3 is 0 Å². The molecule has 2 rings (SSSR count). The maximum absolute atomic E-state index is 12.7. The Labute approximate surface area is 106 Å². The Morgan fingerprint density at radius 3 is 2.56 bits per heavy atom. The van der Waals surface area contributed by atoms with Crippen molar-refractivity contribution in [3.05, 3.63) is 24.3 Å². The third-order valence-corrected chi connectivity index (χ3v) is 3.54. The number of hydrogen-bond acceptors (Lipinski definition) is 3. The number of halogens is 1. The fraction of sp³-hybridized carbons (Fsp3) is 0.538. The second kappa shape index (κ2) is 5.02. The molecule has 0 radical (unpaired) electrons. The van der Waals surface area contributed by atoms with Crippen molar-refractivity contribution in [2.45, 2.75) is 33.0 Å². The number of pyridine rings is 1. The smallest absolute Gasteiger partial charge is 0.230 e. The van der Waals surface area contributed by atoms with Crippen LogP contribution in [0.5, 0.6) is 0 Å². The molecule has 1 aromatic rings. The summed E-state index contributed by atoms with van der Waals surface area (Å²) >= 11 is 0. The van der Waals surface area contributed by atoms with E-state index in [2.05, 4.69) is 10.3 Å². The fourth-order valence-electron chi connectivity index (χ4n) is 2.39. The van der Waals surface area contributed by atoms with Crippen LogP contribution in [0.2, 0.25) is 0 Å². The number of amides is 1. The van der Waals surface area contributed by atoms with Crippen LogP contribution in [-0.2, 0) is 9.53 Å². The zero-order valence-corrected chi connectivity index (χ0v) is 10.7. The van der Waals surface area contributed by atoms with E-state index in [1.54, 1.807) is 0 Å². The van der Waals surface area contributed by atoms with E-state index in [1.807, 2.05) is 20.8 Å². The average Bonchev–Trinajstić information content (AvgIpc) is 2.56. The van der Waals surface area contributed by atoms with Crippen LogP contribution in [0.25, 0.3) is 0 Å². The molecule has 1 N–H and O–H groups in total. The van der Waals surface area contributed by atoms with Gasteiger partial charge in [-0.15, -0.1) is 0 Å². The molecule has 0 aliphatic carbocycles. The van der Waals surface area contributed by atoms with E-state index in [0.29, 0.717) is 5.69 Å². The van der Waals surface area contributed by atoms with Gasteiger partial charge in [-0.1, -0.05) is 6.92 Å². The first-order chi connectivity index (χ1) is 8.49. The third kappa shape index (κ3) is 2.51. The van der Waals surface area contributed by atoms with E-state index >= 15 is 0 Å². The van der Waals surface area contributed by atoms with Crippen molar-refractivity contribution in [2.75, 3.05) is 5.32 Å². The molecule has 1 aromatic heterocycles. The molecule has 4 unspecified atom stereocenters. The number of anilines is 1. The Morgan fingerprint density at radius 1 is 1.33 bits per heavy atom. The first-order valence-corrected chi connectivity index (χ1v) is 6.07. The molecule has 1 aliphatic heterocycles. The largest absolute Gasteiger partial charge is 0.374 e. The van der Waals surface area contributed by atoms with E-state index < -0.39 is 5.95 Å². The standard InChI is InChI=1S/C13H17FN2O2/c1-7-8(2)18-9(3)12(7)13(17)16-10-4-5-11(14)15-6-10/h4-9,12H,1-3H3,(H,16,17). The molecule has 1 fully saturated rings. The van der Waals surface area contributed by atoms with E-state index in [1.165, 1.54) is 18.3 Å². The van der Waals surface area contributed by atoms with Crippen LogP contribution in [0, 0.1) is 17.8 Å². The second-order valence-corrected chi connectivity index (χ2v) is 4.79. The zero-order chi connectivity index (χ0) is 13.3. The van der Waals surface area contributed by atoms with Crippen LogP contribution in [0.4, 0.5) is 10.1 Å². The molecule has 2 heterocycles.